The first-order valence-electron chi connectivity index (χ1n) is 7.63. The lowest BCUT2D eigenvalue weighted by Crippen LogP contribution is -2.38. The molecule has 3 rings (SSSR count). The van der Waals surface area contributed by atoms with Crippen LogP contribution in [0, 0.1) is 0 Å². The summed E-state index contributed by atoms with van der Waals surface area (Å²) in [7, 11) is 1.48. The quantitative estimate of drug-likeness (QED) is 0.749. The molecule has 0 aromatic carbocycles. The lowest BCUT2D eigenvalue weighted by molar-refractivity contribution is -0.141. The maximum absolute atomic E-state index is 12.7. The van der Waals surface area contributed by atoms with Crippen LogP contribution in [0.5, 0.6) is 0 Å². The molecule has 2 aromatic heterocycles. The zero-order valence-electron chi connectivity index (χ0n) is 13.7. The van der Waals surface area contributed by atoms with Gasteiger partial charge in [0.15, 0.2) is 0 Å². The van der Waals surface area contributed by atoms with Gasteiger partial charge in [0.05, 0.1) is 11.7 Å². The molecular weight excluding hydrogens is 355 g/mol. The smallest absolute Gasteiger partial charge is 0.432 e. The van der Waals surface area contributed by atoms with E-state index >= 15 is 0 Å². The number of hydrogen-bond donors (Lipinski definition) is 3. The first-order valence-corrected chi connectivity index (χ1v) is 7.63. The Kier molecular flexibility index (Phi) is 4.34. The second-order valence-corrected chi connectivity index (χ2v) is 5.92. The van der Waals surface area contributed by atoms with Crippen LogP contribution in [0.4, 0.5) is 29.7 Å². The first kappa shape index (κ1) is 17.8. The molecule has 0 unspecified atom stereocenters. The average Bonchev–Trinajstić information content (AvgIpc) is 3.22. The van der Waals surface area contributed by atoms with Gasteiger partial charge in [0.2, 0.25) is 5.95 Å². The van der Waals surface area contributed by atoms with Crippen LogP contribution in [0.15, 0.2) is 12.1 Å². The van der Waals surface area contributed by atoms with Crippen molar-refractivity contribution in [2.24, 2.45) is 0 Å². The van der Waals surface area contributed by atoms with E-state index in [1.54, 1.807) is 0 Å². The summed E-state index contributed by atoms with van der Waals surface area (Å²) in [4.78, 5) is 22.1. The number of carboxylic acid groups (broad SMARTS) is 1. The number of nitrogen functional groups attached to an aromatic ring is 1. The Morgan fingerprint density at radius 3 is 2.73 bits per heavy atom. The minimum Gasteiger partial charge on any atom is -0.465 e. The number of H-pyrrole nitrogens is 1. The van der Waals surface area contributed by atoms with Crippen molar-refractivity contribution < 1.29 is 23.1 Å². The van der Waals surface area contributed by atoms with E-state index in [0.29, 0.717) is 25.3 Å². The number of hydrogen-bond acceptors (Lipinski definition) is 6. The summed E-state index contributed by atoms with van der Waals surface area (Å²) in [6, 6.07) is 2.11. The van der Waals surface area contributed by atoms with Crippen LogP contribution >= 0.6 is 0 Å². The third-order valence-corrected chi connectivity index (χ3v) is 4.21. The lowest BCUT2D eigenvalue weighted by Gasteiger charge is -2.22. The summed E-state index contributed by atoms with van der Waals surface area (Å²) in [5, 5.41) is 14.6. The van der Waals surface area contributed by atoms with Crippen molar-refractivity contribution >= 4 is 17.9 Å². The highest BCUT2D eigenvalue weighted by Gasteiger charge is 2.34. The Balaban J connectivity index is 1.85. The van der Waals surface area contributed by atoms with Crippen molar-refractivity contribution in [3.63, 3.8) is 0 Å². The molecule has 0 aliphatic carbocycles. The maximum atomic E-state index is 12.7. The summed E-state index contributed by atoms with van der Waals surface area (Å²) >= 11 is 0. The minimum atomic E-state index is -4.55. The summed E-state index contributed by atoms with van der Waals surface area (Å²) in [5.41, 5.74) is 4.84. The zero-order chi connectivity index (χ0) is 19.1. The SMILES string of the molecule is CN(C(=O)O)[C@@H]1CCN(c2cc(-c3cc(C(F)(F)F)[nH]n3)nc(N)n2)C1. The molecular formula is C14H16F3N7O2. The second-order valence-electron chi connectivity index (χ2n) is 5.92. The fourth-order valence-corrected chi connectivity index (χ4v) is 2.77. The van der Waals surface area contributed by atoms with Crippen molar-refractivity contribution in [3.05, 3.63) is 17.8 Å². The predicted molar refractivity (Wildman–Crippen MR) is 85.4 cm³/mol. The molecule has 1 aliphatic heterocycles. The Bertz CT molecular complexity index is 823. The van der Waals surface area contributed by atoms with Crippen molar-refractivity contribution in [1.29, 1.82) is 0 Å². The number of likely N-dealkylation sites (N-methyl/N-ethyl adjacent to an activating group) is 1. The Hall–Kier alpha value is -3.05. The van der Waals surface area contributed by atoms with Gasteiger partial charge in [-0.15, -0.1) is 0 Å². The number of carbonyl (C=O) groups is 1. The van der Waals surface area contributed by atoms with Gasteiger partial charge in [-0.3, -0.25) is 5.10 Å². The number of anilines is 2. The maximum Gasteiger partial charge on any atom is 0.432 e. The predicted octanol–water partition coefficient (Wildman–Crippen LogP) is 1.66. The highest BCUT2D eigenvalue weighted by atomic mass is 19.4. The molecule has 1 aliphatic rings. The van der Waals surface area contributed by atoms with Gasteiger partial charge in [-0.05, 0) is 12.5 Å². The van der Waals surface area contributed by atoms with Gasteiger partial charge in [-0.1, -0.05) is 0 Å². The molecule has 0 radical (unpaired) electrons. The van der Waals surface area contributed by atoms with Crippen molar-refractivity contribution in [3.8, 4) is 11.4 Å². The number of nitrogens with two attached hydrogens (primary N) is 1. The van der Waals surface area contributed by atoms with E-state index in [1.807, 2.05) is 10.00 Å². The number of aromatic amines is 1. The fraction of sp³-hybridized carbons (Fsp3) is 0.429. The normalized spacial score (nSPS) is 17.5. The van der Waals surface area contributed by atoms with Crippen LogP contribution in [0.1, 0.15) is 12.1 Å². The van der Waals surface area contributed by atoms with E-state index in [2.05, 4.69) is 15.1 Å². The fourth-order valence-electron chi connectivity index (χ4n) is 2.77. The van der Waals surface area contributed by atoms with Crippen LogP contribution in [0.25, 0.3) is 11.4 Å². The molecule has 12 heteroatoms. The zero-order valence-corrected chi connectivity index (χ0v) is 13.7. The molecule has 0 saturated carbocycles. The molecule has 3 heterocycles. The van der Waals surface area contributed by atoms with Crippen LogP contribution in [-0.4, -0.2) is 62.4 Å². The summed E-state index contributed by atoms with van der Waals surface area (Å²) in [6.45, 7) is 0.930. The van der Waals surface area contributed by atoms with Crippen LogP contribution in [-0.2, 0) is 6.18 Å². The molecule has 26 heavy (non-hydrogen) atoms. The van der Waals surface area contributed by atoms with E-state index in [1.165, 1.54) is 18.0 Å². The van der Waals surface area contributed by atoms with E-state index in [4.69, 9.17) is 10.8 Å². The Morgan fingerprint density at radius 2 is 2.12 bits per heavy atom. The van der Waals surface area contributed by atoms with Gasteiger partial charge in [-0.2, -0.15) is 23.3 Å². The van der Waals surface area contributed by atoms with E-state index in [9.17, 15) is 18.0 Å². The number of nitrogens with zero attached hydrogens (tertiary/aromatic N) is 5. The molecule has 4 N–H and O–H groups in total. The monoisotopic (exact) mass is 371 g/mol. The molecule has 9 nitrogen and oxygen atoms in total. The highest BCUT2D eigenvalue weighted by molar-refractivity contribution is 5.66. The molecule has 1 fully saturated rings. The van der Waals surface area contributed by atoms with Gasteiger partial charge in [0, 0.05) is 26.2 Å². The largest absolute Gasteiger partial charge is 0.465 e. The number of halogens is 3. The topological polar surface area (TPSA) is 124 Å². The van der Waals surface area contributed by atoms with Gasteiger partial charge in [-0.25, -0.2) is 9.78 Å². The first-order chi connectivity index (χ1) is 12.1. The number of amides is 1. The summed E-state index contributed by atoms with van der Waals surface area (Å²) < 4.78 is 38.1. The van der Waals surface area contributed by atoms with Gasteiger partial charge >= 0.3 is 12.3 Å². The molecule has 0 bridgehead atoms. The number of aromatic nitrogens is 4. The Morgan fingerprint density at radius 1 is 1.38 bits per heavy atom. The molecule has 140 valence electrons. The summed E-state index contributed by atoms with van der Waals surface area (Å²) in [6.07, 6.45) is -4.98. The van der Waals surface area contributed by atoms with Gasteiger partial charge in [0.1, 0.15) is 17.2 Å². The third-order valence-electron chi connectivity index (χ3n) is 4.21. The highest BCUT2D eigenvalue weighted by Crippen LogP contribution is 2.31. The van der Waals surface area contributed by atoms with E-state index in [-0.39, 0.29) is 23.4 Å². The van der Waals surface area contributed by atoms with Crippen LogP contribution < -0.4 is 10.6 Å². The molecule has 2 aromatic rings. The van der Waals surface area contributed by atoms with Crippen LogP contribution in [0.2, 0.25) is 0 Å². The van der Waals surface area contributed by atoms with Crippen molar-refractivity contribution in [2.45, 2.75) is 18.6 Å². The standard InChI is InChI=1S/C14H16F3N7O2/c1-23(13(25)26)7-2-3-24(6-7)11-5-8(19-12(18)20-11)9-4-10(22-21-9)14(15,16)17/h4-5,7H,2-3,6H2,1H3,(H,21,22)(H,25,26)(H2,18,19,20)/t7-/m1/s1. The number of rotatable bonds is 3. The molecule has 1 saturated heterocycles. The van der Waals surface area contributed by atoms with E-state index < -0.39 is 18.0 Å². The molecule has 1 atom stereocenters. The number of alkyl halides is 3. The van der Waals surface area contributed by atoms with Crippen molar-refractivity contribution in [2.75, 3.05) is 30.8 Å². The summed E-state index contributed by atoms with van der Waals surface area (Å²) in [5.74, 6) is 0.300. The number of nitrogens with one attached hydrogen (secondary N) is 1. The Labute approximate surface area is 145 Å². The molecule has 0 spiro atoms. The second kappa shape index (κ2) is 6.35. The van der Waals surface area contributed by atoms with Gasteiger partial charge < -0.3 is 20.6 Å². The third kappa shape index (κ3) is 3.48. The lowest BCUT2D eigenvalue weighted by atomic mass is 10.2. The average molecular weight is 371 g/mol. The minimum absolute atomic E-state index is 0.00826. The van der Waals surface area contributed by atoms with E-state index in [0.717, 1.165) is 6.07 Å². The van der Waals surface area contributed by atoms with Gasteiger partial charge in [0.25, 0.3) is 0 Å². The molecule has 1 amide bonds. The van der Waals surface area contributed by atoms with Crippen molar-refractivity contribution in [1.82, 2.24) is 25.1 Å². The van der Waals surface area contributed by atoms with Crippen LogP contribution in [0.3, 0.4) is 0 Å².